The molecule has 0 aliphatic carbocycles. The number of halogens is 1. The highest BCUT2D eigenvalue weighted by atomic mass is 19.1. The predicted octanol–water partition coefficient (Wildman–Crippen LogP) is 4.03. The second-order valence-corrected chi connectivity index (χ2v) is 6.65. The Morgan fingerprint density at radius 1 is 0.966 bits per heavy atom. The van der Waals surface area contributed by atoms with Crippen molar-refractivity contribution in [3.05, 3.63) is 83.4 Å². The van der Waals surface area contributed by atoms with Gasteiger partial charge < -0.3 is 10.1 Å². The Balaban J connectivity index is 1.60. The zero-order valence-corrected chi connectivity index (χ0v) is 16.4. The number of aryl methyl sites for hydroxylation is 2. The van der Waals surface area contributed by atoms with Gasteiger partial charge in [-0.2, -0.15) is 0 Å². The molecule has 0 spiro atoms. The smallest absolute Gasteiger partial charge is 0.270 e. The fourth-order valence-electron chi connectivity index (χ4n) is 2.75. The highest BCUT2D eigenvalue weighted by Gasteiger charge is 2.17. The quantitative estimate of drug-likeness (QED) is 0.662. The summed E-state index contributed by atoms with van der Waals surface area (Å²) in [5, 5.41) is 2.49. The molecule has 0 aliphatic rings. The average molecular weight is 395 g/mol. The van der Waals surface area contributed by atoms with Crippen molar-refractivity contribution < 1.29 is 18.7 Å². The number of aromatic nitrogens is 1. The molecule has 150 valence electrons. The molecular weight excluding hydrogens is 373 g/mol. The summed E-state index contributed by atoms with van der Waals surface area (Å²) in [7, 11) is 0. The Morgan fingerprint density at radius 3 is 2.21 bits per heavy atom. The van der Waals surface area contributed by atoms with Gasteiger partial charge in [0.05, 0.1) is 5.69 Å². The minimum Gasteiger partial charge on any atom is -0.481 e. The Labute approximate surface area is 168 Å². The van der Waals surface area contributed by atoms with Gasteiger partial charge in [-0.25, -0.2) is 4.39 Å². The van der Waals surface area contributed by atoms with Crippen molar-refractivity contribution in [2.45, 2.75) is 26.9 Å². The molecule has 1 aromatic heterocycles. The number of benzene rings is 2. The van der Waals surface area contributed by atoms with Crippen LogP contribution in [0.2, 0.25) is 0 Å². The summed E-state index contributed by atoms with van der Waals surface area (Å²) in [6, 6.07) is 16.2. The van der Waals surface area contributed by atoms with Crippen LogP contribution in [-0.4, -0.2) is 22.6 Å². The molecule has 0 bridgehead atoms. The molecule has 0 aliphatic heterocycles. The highest BCUT2D eigenvalue weighted by Crippen LogP contribution is 2.17. The SMILES string of the molecule is Cc1ccc(C)n1NC(=O)c1ccc(O[C@@H](C)C(=O)Nc2ccccc2F)cc1. The van der Waals surface area contributed by atoms with E-state index in [-0.39, 0.29) is 11.6 Å². The van der Waals surface area contributed by atoms with Crippen molar-refractivity contribution in [3.8, 4) is 5.75 Å². The first-order chi connectivity index (χ1) is 13.8. The molecule has 0 unspecified atom stereocenters. The average Bonchev–Trinajstić information content (AvgIpc) is 3.02. The lowest BCUT2D eigenvalue weighted by Gasteiger charge is -2.15. The van der Waals surface area contributed by atoms with Crippen LogP contribution in [0, 0.1) is 19.7 Å². The van der Waals surface area contributed by atoms with Crippen LogP contribution < -0.4 is 15.5 Å². The second-order valence-electron chi connectivity index (χ2n) is 6.65. The molecule has 2 amide bonds. The van der Waals surface area contributed by atoms with Gasteiger partial charge in [0.1, 0.15) is 11.6 Å². The first-order valence-electron chi connectivity index (χ1n) is 9.13. The molecule has 2 N–H and O–H groups in total. The van der Waals surface area contributed by atoms with E-state index < -0.39 is 17.8 Å². The maximum atomic E-state index is 13.7. The Morgan fingerprint density at radius 2 is 1.59 bits per heavy atom. The van der Waals surface area contributed by atoms with Crippen LogP contribution in [-0.2, 0) is 4.79 Å². The Kier molecular flexibility index (Phi) is 5.97. The van der Waals surface area contributed by atoms with Crippen LogP contribution >= 0.6 is 0 Å². The summed E-state index contributed by atoms with van der Waals surface area (Å²) >= 11 is 0. The number of ether oxygens (including phenoxy) is 1. The van der Waals surface area contributed by atoms with E-state index >= 15 is 0 Å². The van der Waals surface area contributed by atoms with Gasteiger partial charge in [-0.1, -0.05) is 12.1 Å². The number of carbonyl (C=O) groups is 2. The third kappa shape index (κ3) is 4.82. The Bertz CT molecular complexity index is 1010. The zero-order chi connectivity index (χ0) is 21.0. The van der Waals surface area contributed by atoms with Crippen LogP contribution in [0.4, 0.5) is 10.1 Å². The predicted molar refractivity (Wildman–Crippen MR) is 109 cm³/mol. The van der Waals surface area contributed by atoms with Crippen LogP contribution in [0.3, 0.4) is 0 Å². The van der Waals surface area contributed by atoms with Crippen molar-refractivity contribution in [2.75, 3.05) is 10.7 Å². The molecule has 0 fully saturated rings. The number of rotatable bonds is 6. The molecule has 29 heavy (non-hydrogen) atoms. The minimum atomic E-state index is -0.848. The van der Waals surface area contributed by atoms with Crippen molar-refractivity contribution >= 4 is 17.5 Å². The van der Waals surface area contributed by atoms with E-state index in [1.54, 1.807) is 48.0 Å². The topological polar surface area (TPSA) is 72.4 Å². The largest absolute Gasteiger partial charge is 0.481 e. The van der Waals surface area contributed by atoms with Gasteiger partial charge in [-0.05, 0) is 69.3 Å². The van der Waals surface area contributed by atoms with Gasteiger partial charge in [0.15, 0.2) is 6.10 Å². The fraction of sp³-hybridized carbons (Fsp3) is 0.182. The van der Waals surface area contributed by atoms with E-state index in [1.807, 2.05) is 26.0 Å². The Hall–Kier alpha value is -3.61. The van der Waals surface area contributed by atoms with Crippen molar-refractivity contribution in [1.82, 2.24) is 4.68 Å². The summed E-state index contributed by atoms with van der Waals surface area (Å²) < 4.78 is 21.0. The monoisotopic (exact) mass is 395 g/mol. The number of anilines is 1. The molecule has 3 aromatic rings. The van der Waals surface area contributed by atoms with E-state index in [2.05, 4.69) is 10.7 Å². The molecule has 1 atom stereocenters. The van der Waals surface area contributed by atoms with E-state index in [9.17, 15) is 14.0 Å². The van der Waals surface area contributed by atoms with Crippen molar-refractivity contribution in [1.29, 1.82) is 0 Å². The lowest BCUT2D eigenvalue weighted by molar-refractivity contribution is -0.122. The number of hydrogen-bond donors (Lipinski definition) is 2. The van der Waals surface area contributed by atoms with E-state index in [0.29, 0.717) is 11.3 Å². The standard InChI is InChI=1S/C22H22FN3O3/c1-14-8-9-15(2)26(14)25-22(28)17-10-12-18(13-11-17)29-16(3)21(27)24-20-7-5-4-6-19(20)23/h4-13,16H,1-3H3,(H,24,27)(H,25,28)/t16-/m0/s1. The first-order valence-corrected chi connectivity index (χ1v) is 9.13. The first kappa shape index (κ1) is 20.1. The highest BCUT2D eigenvalue weighted by molar-refractivity contribution is 6.00. The second kappa shape index (κ2) is 8.60. The molecule has 0 radical (unpaired) electrons. The maximum absolute atomic E-state index is 13.7. The number of para-hydroxylation sites is 1. The fourth-order valence-corrected chi connectivity index (χ4v) is 2.75. The number of nitrogens with zero attached hydrogens (tertiary/aromatic N) is 1. The summed E-state index contributed by atoms with van der Waals surface area (Å²) in [5.41, 5.74) is 5.21. The van der Waals surface area contributed by atoms with Crippen molar-refractivity contribution in [3.63, 3.8) is 0 Å². The summed E-state index contributed by atoms with van der Waals surface area (Å²) in [4.78, 5) is 24.6. The summed E-state index contributed by atoms with van der Waals surface area (Å²) in [6.07, 6.45) is -0.848. The lowest BCUT2D eigenvalue weighted by Crippen LogP contribution is -2.30. The molecule has 7 heteroatoms. The minimum absolute atomic E-state index is 0.0931. The van der Waals surface area contributed by atoms with Gasteiger partial charge in [0, 0.05) is 17.0 Å². The van der Waals surface area contributed by atoms with Gasteiger partial charge in [0.2, 0.25) is 0 Å². The third-order valence-electron chi connectivity index (χ3n) is 4.41. The van der Waals surface area contributed by atoms with E-state index in [1.165, 1.54) is 12.1 Å². The van der Waals surface area contributed by atoms with Gasteiger partial charge in [0.25, 0.3) is 11.8 Å². The number of nitrogens with one attached hydrogen (secondary N) is 2. The van der Waals surface area contributed by atoms with Crippen LogP contribution in [0.25, 0.3) is 0 Å². The van der Waals surface area contributed by atoms with Gasteiger partial charge in [-0.3, -0.25) is 19.7 Å². The molecule has 3 rings (SSSR count). The summed E-state index contributed by atoms with van der Waals surface area (Å²) in [5.74, 6) is -0.831. The molecule has 2 aromatic carbocycles. The third-order valence-corrected chi connectivity index (χ3v) is 4.41. The van der Waals surface area contributed by atoms with E-state index in [4.69, 9.17) is 4.74 Å². The van der Waals surface area contributed by atoms with Crippen LogP contribution in [0.1, 0.15) is 28.7 Å². The molecule has 6 nitrogen and oxygen atoms in total. The maximum Gasteiger partial charge on any atom is 0.270 e. The van der Waals surface area contributed by atoms with Gasteiger partial charge in [-0.15, -0.1) is 0 Å². The lowest BCUT2D eigenvalue weighted by atomic mass is 10.2. The molecular formula is C22H22FN3O3. The normalized spacial score (nSPS) is 11.6. The van der Waals surface area contributed by atoms with Crippen molar-refractivity contribution in [2.24, 2.45) is 0 Å². The number of amides is 2. The molecule has 1 heterocycles. The molecule has 0 saturated heterocycles. The molecule has 0 saturated carbocycles. The number of carbonyl (C=O) groups excluding carboxylic acids is 2. The van der Waals surface area contributed by atoms with Crippen LogP contribution in [0.5, 0.6) is 5.75 Å². The van der Waals surface area contributed by atoms with Gasteiger partial charge >= 0.3 is 0 Å². The number of hydrogen-bond acceptors (Lipinski definition) is 3. The zero-order valence-electron chi connectivity index (χ0n) is 16.4. The summed E-state index contributed by atoms with van der Waals surface area (Å²) in [6.45, 7) is 5.37. The van der Waals surface area contributed by atoms with Crippen LogP contribution in [0.15, 0.2) is 60.7 Å². The van der Waals surface area contributed by atoms with E-state index in [0.717, 1.165) is 11.4 Å².